The van der Waals surface area contributed by atoms with E-state index in [0.717, 1.165) is 39.5 Å². The number of fused-ring (bicyclic) bond motifs is 1. The predicted octanol–water partition coefficient (Wildman–Crippen LogP) is 2.02. The van der Waals surface area contributed by atoms with Crippen LogP contribution < -0.4 is 16.4 Å². The number of nitrogens with two attached hydrogens (primary N) is 1. The molecule has 0 unspecified atom stereocenters. The summed E-state index contributed by atoms with van der Waals surface area (Å²) >= 11 is 0. The number of benzene rings is 1. The lowest BCUT2D eigenvalue weighted by Crippen LogP contribution is -2.28. The number of aromatic nitrogens is 7. The Balaban J connectivity index is 1.84. The number of hydrogen-bond acceptors (Lipinski definition) is 5. The van der Waals surface area contributed by atoms with Crippen molar-refractivity contribution in [2.75, 3.05) is 5.73 Å². The van der Waals surface area contributed by atoms with Gasteiger partial charge in [-0.3, -0.25) is 15.4 Å². The molecular weight excluding hydrogens is 404 g/mol. The van der Waals surface area contributed by atoms with Crippen molar-refractivity contribution in [2.24, 2.45) is 7.05 Å². The van der Waals surface area contributed by atoms with E-state index in [9.17, 15) is 4.79 Å². The molecule has 0 aliphatic heterocycles. The number of nitrogens with one attached hydrogen (secondary N) is 1. The Bertz CT molecular complexity index is 1490. The molecule has 0 radical (unpaired) electrons. The molecule has 0 bridgehead atoms. The highest BCUT2D eigenvalue weighted by molar-refractivity contribution is 5.88. The summed E-state index contributed by atoms with van der Waals surface area (Å²) in [5.74, 6) is 0.214. The predicted molar refractivity (Wildman–Crippen MR) is 121 cm³/mol. The molecule has 9 heteroatoms. The third-order valence-corrected chi connectivity index (χ3v) is 5.47. The van der Waals surface area contributed by atoms with Crippen molar-refractivity contribution in [1.29, 1.82) is 0 Å². The van der Waals surface area contributed by atoms with Crippen LogP contribution in [0.1, 0.15) is 17.1 Å². The Morgan fingerprint density at radius 2 is 1.75 bits per heavy atom. The molecular formula is C23H23N8O+. The van der Waals surface area contributed by atoms with Crippen molar-refractivity contribution in [3.63, 3.8) is 0 Å². The van der Waals surface area contributed by atoms with Crippen LogP contribution in [0.2, 0.25) is 0 Å². The van der Waals surface area contributed by atoms with Crippen LogP contribution in [-0.4, -0.2) is 28.9 Å². The molecule has 1 aromatic carbocycles. The van der Waals surface area contributed by atoms with E-state index >= 15 is 0 Å². The molecule has 0 fully saturated rings. The molecule has 4 heterocycles. The largest absolute Gasteiger partial charge is 0.411 e. The van der Waals surface area contributed by atoms with Crippen molar-refractivity contribution in [3.8, 4) is 22.4 Å². The van der Waals surface area contributed by atoms with Gasteiger partial charge in [0.2, 0.25) is 5.65 Å². The second-order valence-corrected chi connectivity index (χ2v) is 7.81. The molecule has 160 valence electrons. The molecule has 3 N–H and O–H groups in total. The zero-order chi connectivity index (χ0) is 22.4. The van der Waals surface area contributed by atoms with Crippen molar-refractivity contribution < 1.29 is 4.98 Å². The Morgan fingerprint density at radius 1 is 1.03 bits per heavy atom. The quantitative estimate of drug-likeness (QED) is 0.472. The second kappa shape index (κ2) is 7.45. The van der Waals surface area contributed by atoms with Gasteiger partial charge in [-0.1, -0.05) is 30.3 Å². The SMILES string of the molecule is Cc1cc(-c2c(-c3ccccc3)[nH+]c(N)n3c(=O)n(Cc4ccnn4C)nc23)cc(C)n1. The summed E-state index contributed by atoms with van der Waals surface area (Å²) in [7, 11) is 1.83. The highest BCUT2D eigenvalue weighted by Crippen LogP contribution is 2.32. The van der Waals surface area contributed by atoms with Gasteiger partial charge in [0.25, 0.3) is 0 Å². The average molecular weight is 427 g/mol. The third-order valence-electron chi connectivity index (χ3n) is 5.47. The maximum absolute atomic E-state index is 13.3. The number of anilines is 1. The number of hydrogen-bond donors (Lipinski definition) is 1. The highest BCUT2D eigenvalue weighted by atomic mass is 16.2. The molecule has 0 saturated carbocycles. The maximum atomic E-state index is 13.3. The Kier molecular flexibility index (Phi) is 4.58. The molecule has 0 saturated heterocycles. The summed E-state index contributed by atoms with van der Waals surface area (Å²) in [6.07, 6.45) is 1.69. The van der Waals surface area contributed by atoms with E-state index in [1.165, 1.54) is 9.08 Å². The fourth-order valence-corrected chi connectivity index (χ4v) is 4.03. The van der Waals surface area contributed by atoms with E-state index in [-0.39, 0.29) is 18.2 Å². The van der Waals surface area contributed by atoms with Crippen LogP contribution in [0.5, 0.6) is 0 Å². The topological polar surface area (TPSA) is 110 Å². The minimum Gasteiger partial charge on any atom is -0.290 e. The first kappa shape index (κ1) is 19.7. The van der Waals surface area contributed by atoms with Gasteiger partial charge in [-0.2, -0.15) is 9.78 Å². The number of aryl methyl sites for hydroxylation is 3. The number of rotatable bonds is 4. The van der Waals surface area contributed by atoms with E-state index < -0.39 is 0 Å². The maximum Gasteiger partial charge on any atom is 0.411 e. The van der Waals surface area contributed by atoms with Gasteiger partial charge < -0.3 is 0 Å². The van der Waals surface area contributed by atoms with Crippen molar-refractivity contribution in [2.45, 2.75) is 20.4 Å². The lowest BCUT2D eigenvalue weighted by Gasteiger charge is -2.10. The van der Waals surface area contributed by atoms with E-state index in [4.69, 9.17) is 10.8 Å². The van der Waals surface area contributed by atoms with Crippen molar-refractivity contribution in [1.82, 2.24) is 28.9 Å². The van der Waals surface area contributed by atoms with E-state index in [1.807, 2.05) is 69.4 Å². The summed E-state index contributed by atoms with van der Waals surface area (Å²) in [6.45, 7) is 4.18. The number of nitrogen functional groups attached to an aromatic ring is 1. The van der Waals surface area contributed by atoms with Gasteiger partial charge in [0.15, 0.2) is 0 Å². The van der Waals surface area contributed by atoms with Crippen molar-refractivity contribution >= 4 is 11.6 Å². The molecule has 5 aromatic rings. The summed E-state index contributed by atoms with van der Waals surface area (Å²) < 4.78 is 4.55. The smallest absolute Gasteiger partial charge is 0.290 e. The van der Waals surface area contributed by atoms with Crippen LogP contribution in [0, 0.1) is 13.8 Å². The van der Waals surface area contributed by atoms with Gasteiger partial charge in [-0.05, 0) is 37.6 Å². The van der Waals surface area contributed by atoms with Gasteiger partial charge in [0.1, 0.15) is 5.69 Å². The lowest BCUT2D eigenvalue weighted by atomic mass is 9.99. The lowest BCUT2D eigenvalue weighted by molar-refractivity contribution is -0.351. The van der Waals surface area contributed by atoms with Gasteiger partial charge >= 0.3 is 11.6 Å². The number of H-pyrrole nitrogens is 1. The van der Waals surface area contributed by atoms with E-state index in [2.05, 4.69) is 15.1 Å². The first-order valence-corrected chi connectivity index (χ1v) is 10.2. The zero-order valence-corrected chi connectivity index (χ0v) is 18.1. The molecule has 0 spiro atoms. The first-order chi connectivity index (χ1) is 15.4. The van der Waals surface area contributed by atoms with Crippen LogP contribution in [-0.2, 0) is 13.6 Å². The summed E-state index contributed by atoms with van der Waals surface area (Å²) in [5.41, 5.74) is 12.6. The van der Waals surface area contributed by atoms with Crippen LogP contribution in [0.15, 0.2) is 59.5 Å². The van der Waals surface area contributed by atoms with E-state index in [0.29, 0.717) is 5.65 Å². The monoisotopic (exact) mass is 427 g/mol. The molecule has 0 aliphatic rings. The Labute approximate surface area is 183 Å². The first-order valence-electron chi connectivity index (χ1n) is 10.2. The summed E-state index contributed by atoms with van der Waals surface area (Å²) in [4.78, 5) is 21.0. The molecule has 5 rings (SSSR count). The average Bonchev–Trinajstić information content (AvgIpc) is 3.31. The van der Waals surface area contributed by atoms with Crippen LogP contribution in [0.3, 0.4) is 0 Å². The Morgan fingerprint density at radius 3 is 2.41 bits per heavy atom. The van der Waals surface area contributed by atoms with Gasteiger partial charge in [0.05, 0.1) is 17.8 Å². The van der Waals surface area contributed by atoms with E-state index in [1.54, 1.807) is 10.9 Å². The molecule has 0 atom stereocenters. The number of aromatic amines is 1. The molecule has 0 aliphatic carbocycles. The van der Waals surface area contributed by atoms with Gasteiger partial charge in [-0.25, -0.2) is 9.78 Å². The molecule has 4 aromatic heterocycles. The molecule has 9 nitrogen and oxygen atoms in total. The normalized spacial score (nSPS) is 11.3. The summed E-state index contributed by atoms with van der Waals surface area (Å²) in [5, 5.41) is 8.90. The third kappa shape index (κ3) is 3.24. The molecule has 0 amide bonds. The minimum absolute atomic E-state index is 0.214. The van der Waals surface area contributed by atoms with Crippen LogP contribution in [0.25, 0.3) is 28.0 Å². The van der Waals surface area contributed by atoms with Gasteiger partial charge in [-0.15, -0.1) is 9.50 Å². The number of pyridine rings is 1. The van der Waals surface area contributed by atoms with Crippen LogP contribution in [0.4, 0.5) is 5.95 Å². The minimum atomic E-state index is -0.321. The fourth-order valence-electron chi connectivity index (χ4n) is 4.03. The Hall–Kier alpha value is -4.27. The zero-order valence-electron chi connectivity index (χ0n) is 18.1. The molecule has 32 heavy (non-hydrogen) atoms. The fraction of sp³-hybridized carbons (Fsp3) is 0.174. The van der Waals surface area contributed by atoms with Crippen LogP contribution >= 0.6 is 0 Å². The summed E-state index contributed by atoms with van der Waals surface area (Å²) in [6, 6.07) is 15.7. The second-order valence-electron chi connectivity index (χ2n) is 7.81. The highest BCUT2D eigenvalue weighted by Gasteiger charge is 2.26. The standard InChI is InChI=1S/C23H22N8O/c1-14-11-17(12-15(2)26-14)19-20(16-7-5-4-6-8-16)27-22(24)31-21(19)28-30(23(31)32)13-18-9-10-25-29(18)3/h4-12H,13H2,1-3H3,(H2,24,27)/p+1. The number of nitrogens with zero attached hydrogens (tertiary/aromatic N) is 6. The van der Waals surface area contributed by atoms with Crippen molar-refractivity contribution in [3.05, 3.63) is 82.3 Å². The van der Waals surface area contributed by atoms with Gasteiger partial charge in [0, 0.05) is 30.2 Å².